The van der Waals surface area contributed by atoms with Crippen molar-refractivity contribution in [3.8, 4) is 0 Å². The van der Waals surface area contributed by atoms with Crippen molar-refractivity contribution in [1.82, 2.24) is 5.32 Å². The topological polar surface area (TPSA) is 75.3 Å². The highest BCUT2D eigenvalue weighted by Gasteiger charge is 2.33. The van der Waals surface area contributed by atoms with Crippen LogP contribution in [-0.2, 0) is 4.79 Å². The number of hydrogen-bond donors (Lipinski definition) is 3. The van der Waals surface area contributed by atoms with Gasteiger partial charge in [0.15, 0.2) is 0 Å². The Labute approximate surface area is 119 Å². The van der Waals surface area contributed by atoms with Crippen LogP contribution in [0.5, 0.6) is 0 Å². The number of nitrogens with one attached hydrogen (secondary N) is 1. The molecule has 0 spiro atoms. The third-order valence-corrected chi connectivity index (χ3v) is 3.26. The number of carbonyl (C=O) groups is 1. The van der Waals surface area contributed by atoms with E-state index in [0.29, 0.717) is 5.56 Å². The zero-order valence-corrected chi connectivity index (χ0v) is 12.4. The zero-order valence-electron chi connectivity index (χ0n) is 12.4. The number of benzene rings is 1. The van der Waals surface area contributed by atoms with E-state index in [4.69, 9.17) is 5.73 Å². The lowest BCUT2D eigenvalue weighted by molar-refractivity contribution is -0.121. The number of halogens is 1. The Morgan fingerprint density at radius 1 is 1.30 bits per heavy atom. The van der Waals surface area contributed by atoms with Crippen LogP contribution < -0.4 is 11.1 Å². The van der Waals surface area contributed by atoms with Gasteiger partial charge in [-0.25, -0.2) is 4.39 Å². The summed E-state index contributed by atoms with van der Waals surface area (Å²) in [6.07, 6.45) is 0. The van der Waals surface area contributed by atoms with Gasteiger partial charge in [0, 0.05) is 6.04 Å². The molecule has 0 aliphatic heterocycles. The summed E-state index contributed by atoms with van der Waals surface area (Å²) in [5.74, 6) is -0.844. The van der Waals surface area contributed by atoms with Gasteiger partial charge in [-0.1, -0.05) is 26.0 Å². The third kappa shape index (κ3) is 4.28. The molecule has 0 fully saturated rings. The van der Waals surface area contributed by atoms with Gasteiger partial charge >= 0.3 is 0 Å². The molecule has 0 aromatic heterocycles. The summed E-state index contributed by atoms with van der Waals surface area (Å²) in [6, 6.07) is 4.49. The number of carbonyl (C=O) groups excluding carboxylic acids is 1. The van der Waals surface area contributed by atoms with E-state index < -0.39 is 17.6 Å². The minimum Gasteiger partial charge on any atom is -0.389 e. The fourth-order valence-corrected chi connectivity index (χ4v) is 2.39. The van der Waals surface area contributed by atoms with E-state index in [1.54, 1.807) is 13.8 Å². The predicted octanol–water partition coefficient (Wildman–Crippen LogP) is 1.74. The first-order chi connectivity index (χ1) is 9.12. The maximum Gasteiger partial charge on any atom is 0.239 e. The third-order valence-electron chi connectivity index (χ3n) is 3.26. The Hall–Kier alpha value is -1.46. The van der Waals surface area contributed by atoms with E-state index in [1.807, 2.05) is 13.8 Å². The van der Waals surface area contributed by atoms with Crippen LogP contribution in [0.15, 0.2) is 24.3 Å². The molecular weight excluding hydrogens is 259 g/mol. The van der Waals surface area contributed by atoms with Crippen LogP contribution in [0.2, 0.25) is 0 Å². The minimum absolute atomic E-state index is 0.0947. The number of primary amides is 1. The van der Waals surface area contributed by atoms with Crippen molar-refractivity contribution >= 4 is 5.91 Å². The van der Waals surface area contributed by atoms with Crippen molar-refractivity contribution in [1.29, 1.82) is 0 Å². The second kappa shape index (κ2) is 6.33. The average molecular weight is 282 g/mol. The molecular formula is C15H23FN2O2. The number of rotatable bonds is 6. The van der Waals surface area contributed by atoms with Gasteiger partial charge in [0.1, 0.15) is 11.9 Å². The van der Waals surface area contributed by atoms with Gasteiger partial charge in [-0.05, 0) is 37.5 Å². The lowest BCUT2D eigenvalue weighted by Gasteiger charge is -2.36. The molecule has 1 aromatic rings. The van der Waals surface area contributed by atoms with Crippen LogP contribution in [0.25, 0.3) is 0 Å². The van der Waals surface area contributed by atoms with Crippen molar-refractivity contribution in [3.63, 3.8) is 0 Å². The molecule has 1 unspecified atom stereocenters. The van der Waals surface area contributed by atoms with Gasteiger partial charge in [0.25, 0.3) is 0 Å². The molecule has 0 saturated heterocycles. The highest BCUT2D eigenvalue weighted by atomic mass is 19.1. The zero-order chi connectivity index (χ0) is 15.5. The van der Waals surface area contributed by atoms with Crippen LogP contribution in [0.3, 0.4) is 0 Å². The maximum absolute atomic E-state index is 13.0. The van der Waals surface area contributed by atoms with Gasteiger partial charge in [-0.3, -0.25) is 10.1 Å². The van der Waals surface area contributed by atoms with Crippen LogP contribution in [0.1, 0.15) is 39.3 Å². The van der Waals surface area contributed by atoms with Crippen molar-refractivity contribution in [2.45, 2.75) is 45.4 Å². The van der Waals surface area contributed by atoms with E-state index in [0.717, 1.165) is 0 Å². The number of aliphatic hydroxyl groups is 1. The monoisotopic (exact) mass is 282 g/mol. The van der Waals surface area contributed by atoms with Gasteiger partial charge in [-0.15, -0.1) is 0 Å². The highest BCUT2D eigenvalue weighted by Crippen LogP contribution is 2.22. The van der Waals surface area contributed by atoms with Crippen LogP contribution >= 0.6 is 0 Å². The Morgan fingerprint density at radius 2 is 1.80 bits per heavy atom. The van der Waals surface area contributed by atoms with E-state index in [1.165, 1.54) is 24.3 Å². The second-order valence-corrected chi connectivity index (χ2v) is 5.93. The summed E-state index contributed by atoms with van der Waals surface area (Å²) in [5, 5.41) is 13.3. The van der Waals surface area contributed by atoms with Crippen molar-refractivity contribution in [3.05, 3.63) is 35.6 Å². The first kappa shape index (κ1) is 16.6. The summed E-state index contributed by atoms with van der Waals surface area (Å²) in [5.41, 5.74) is 4.99. The molecule has 4 N–H and O–H groups in total. The number of amides is 1. The Morgan fingerprint density at radius 3 is 2.15 bits per heavy atom. The SMILES string of the molecule is CC(C)[C@H](NC(C(N)=O)c1ccc(F)cc1)C(C)(C)O. The molecule has 2 atom stereocenters. The standard InChI is InChI=1S/C15H23FN2O2/c1-9(2)13(15(3,4)20)18-12(14(17)19)10-5-7-11(16)8-6-10/h5-9,12-13,18,20H,1-4H3,(H2,17,19)/t12?,13-/m0/s1. The van der Waals surface area contributed by atoms with Gasteiger partial charge in [0.2, 0.25) is 5.91 Å². The highest BCUT2D eigenvalue weighted by molar-refractivity contribution is 5.81. The van der Waals surface area contributed by atoms with E-state index in [-0.39, 0.29) is 17.8 Å². The minimum atomic E-state index is -1.01. The fourth-order valence-electron chi connectivity index (χ4n) is 2.39. The molecule has 1 amide bonds. The van der Waals surface area contributed by atoms with E-state index in [9.17, 15) is 14.3 Å². The van der Waals surface area contributed by atoms with E-state index >= 15 is 0 Å². The summed E-state index contributed by atoms with van der Waals surface area (Å²) >= 11 is 0. The van der Waals surface area contributed by atoms with Crippen molar-refractivity contribution in [2.24, 2.45) is 11.7 Å². The Kier molecular flexibility index (Phi) is 5.25. The van der Waals surface area contributed by atoms with Crippen LogP contribution in [0.4, 0.5) is 4.39 Å². The Balaban J connectivity index is 3.03. The quantitative estimate of drug-likeness (QED) is 0.744. The summed E-state index contributed by atoms with van der Waals surface area (Å²) in [6.45, 7) is 7.23. The van der Waals surface area contributed by atoms with Crippen LogP contribution in [0, 0.1) is 11.7 Å². The van der Waals surface area contributed by atoms with Crippen molar-refractivity contribution < 1.29 is 14.3 Å². The molecule has 112 valence electrons. The fraction of sp³-hybridized carbons (Fsp3) is 0.533. The lowest BCUT2D eigenvalue weighted by Crippen LogP contribution is -2.53. The number of nitrogens with two attached hydrogens (primary N) is 1. The van der Waals surface area contributed by atoms with Gasteiger partial charge < -0.3 is 10.8 Å². The summed E-state index contributed by atoms with van der Waals surface area (Å²) in [7, 11) is 0. The molecule has 1 aromatic carbocycles. The maximum atomic E-state index is 13.0. The molecule has 20 heavy (non-hydrogen) atoms. The molecule has 4 nitrogen and oxygen atoms in total. The molecule has 0 heterocycles. The normalized spacial score (nSPS) is 15.2. The van der Waals surface area contributed by atoms with E-state index in [2.05, 4.69) is 5.32 Å². The molecule has 0 bridgehead atoms. The predicted molar refractivity (Wildman–Crippen MR) is 76.4 cm³/mol. The smallest absolute Gasteiger partial charge is 0.239 e. The number of hydrogen-bond acceptors (Lipinski definition) is 3. The summed E-state index contributed by atoms with van der Waals surface area (Å²) < 4.78 is 13.0. The van der Waals surface area contributed by atoms with Gasteiger partial charge in [0.05, 0.1) is 5.60 Å². The second-order valence-electron chi connectivity index (χ2n) is 5.93. The van der Waals surface area contributed by atoms with Crippen LogP contribution in [-0.4, -0.2) is 22.7 Å². The summed E-state index contributed by atoms with van der Waals surface area (Å²) in [4.78, 5) is 11.7. The molecule has 1 rings (SSSR count). The van der Waals surface area contributed by atoms with Gasteiger partial charge in [-0.2, -0.15) is 0 Å². The molecule has 0 aliphatic rings. The molecule has 0 radical (unpaired) electrons. The molecule has 0 saturated carbocycles. The first-order valence-corrected chi connectivity index (χ1v) is 6.66. The Bertz CT molecular complexity index is 452. The first-order valence-electron chi connectivity index (χ1n) is 6.66. The largest absolute Gasteiger partial charge is 0.389 e. The molecule has 0 aliphatic carbocycles. The van der Waals surface area contributed by atoms with Crippen molar-refractivity contribution in [2.75, 3.05) is 0 Å². The average Bonchev–Trinajstić information content (AvgIpc) is 2.29. The molecule has 5 heteroatoms. The lowest BCUT2D eigenvalue weighted by atomic mass is 9.88.